The Hall–Kier alpha value is -0.370. The normalized spacial score (nSPS) is 48.1. The van der Waals surface area contributed by atoms with E-state index in [0.717, 1.165) is 55.3 Å². The number of rotatable bonds is 5. The molecule has 0 aromatic rings. The minimum atomic E-state index is -0.248. The van der Waals surface area contributed by atoms with Crippen LogP contribution in [-0.4, -0.2) is 17.0 Å². The van der Waals surface area contributed by atoms with Gasteiger partial charge in [0.1, 0.15) is 5.78 Å². The Kier molecular flexibility index (Phi) is 6.23. The number of hydrogen-bond acceptors (Lipinski definition) is 2. The van der Waals surface area contributed by atoms with Crippen molar-refractivity contribution in [3.8, 4) is 0 Å². The Labute approximate surface area is 186 Å². The van der Waals surface area contributed by atoms with Gasteiger partial charge in [0.2, 0.25) is 0 Å². The van der Waals surface area contributed by atoms with Crippen LogP contribution >= 0.6 is 0 Å². The molecule has 0 radical (unpaired) electrons. The van der Waals surface area contributed by atoms with Gasteiger partial charge in [0.25, 0.3) is 0 Å². The van der Waals surface area contributed by atoms with Crippen LogP contribution in [0.15, 0.2) is 0 Å². The SMILES string of the molecule is CC(C)[C@H](C)CC[C@@H](C)[C@@H]1CC[C@@H]2[C@H]3CC(=O)[C@H]4C[C@@H](O)CC[C@]4(C)[C@@H]3CC[C@@]21C. The van der Waals surface area contributed by atoms with E-state index in [0.29, 0.717) is 23.0 Å². The van der Waals surface area contributed by atoms with Crippen molar-refractivity contribution in [2.75, 3.05) is 0 Å². The standard InChI is InChI=1S/C28H48O2/c1-17(2)18(3)7-8-19(4)22-9-10-23-21-16-26(30)25-15-20(29)11-13-28(25,6)24(21)12-14-27(22,23)5/h17-25,29H,7-16H2,1-6H3/t18-,19-,20+,21-,22+,23-,24-,25-,27-,28-/m1/s1. The fraction of sp³-hybridized carbons (Fsp3) is 0.964. The zero-order valence-electron chi connectivity index (χ0n) is 20.6. The van der Waals surface area contributed by atoms with Crippen LogP contribution < -0.4 is 0 Å². The largest absolute Gasteiger partial charge is 0.393 e. The Morgan fingerprint density at radius 3 is 2.30 bits per heavy atom. The molecule has 10 atom stereocenters. The summed E-state index contributed by atoms with van der Waals surface area (Å²) >= 11 is 0. The first-order chi connectivity index (χ1) is 14.1. The summed E-state index contributed by atoms with van der Waals surface area (Å²) in [6, 6.07) is 0. The van der Waals surface area contributed by atoms with Gasteiger partial charge >= 0.3 is 0 Å². The van der Waals surface area contributed by atoms with Gasteiger partial charge in [-0.05, 0) is 97.2 Å². The third-order valence-electron chi connectivity index (χ3n) is 11.4. The lowest BCUT2D eigenvalue weighted by Crippen LogP contribution is -2.57. The quantitative estimate of drug-likeness (QED) is 0.529. The second-order valence-corrected chi connectivity index (χ2v) is 13.0. The molecule has 1 N–H and O–H groups in total. The highest BCUT2D eigenvalue weighted by Gasteiger charge is 2.62. The molecule has 172 valence electrons. The maximum absolute atomic E-state index is 13.3. The summed E-state index contributed by atoms with van der Waals surface area (Å²) in [5, 5.41) is 10.2. The van der Waals surface area contributed by atoms with Crippen LogP contribution in [0.4, 0.5) is 0 Å². The molecule has 4 aliphatic carbocycles. The fourth-order valence-corrected chi connectivity index (χ4v) is 9.06. The predicted octanol–water partition coefficient (Wildman–Crippen LogP) is 6.89. The van der Waals surface area contributed by atoms with Crippen molar-refractivity contribution in [3.05, 3.63) is 0 Å². The minimum Gasteiger partial charge on any atom is -0.393 e. The van der Waals surface area contributed by atoms with Crippen molar-refractivity contribution < 1.29 is 9.90 Å². The molecule has 0 aromatic heterocycles. The van der Waals surface area contributed by atoms with Gasteiger partial charge in [0.05, 0.1) is 6.10 Å². The van der Waals surface area contributed by atoms with Crippen LogP contribution in [0.1, 0.15) is 106 Å². The summed E-state index contributed by atoms with van der Waals surface area (Å²) in [6.07, 6.45) is 11.4. The molecule has 0 aliphatic heterocycles. The molecule has 0 heterocycles. The van der Waals surface area contributed by atoms with Crippen molar-refractivity contribution in [2.24, 2.45) is 58.2 Å². The average Bonchev–Trinajstić information content (AvgIpc) is 3.04. The zero-order valence-corrected chi connectivity index (χ0v) is 20.6. The van der Waals surface area contributed by atoms with Crippen LogP contribution in [0.25, 0.3) is 0 Å². The van der Waals surface area contributed by atoms with E-state index in [9.17, 15) is 9.90 Å². The molecule has 0 amide bonds. The van der Waals surface area contributed by atoms with Gasteiger partial charge in [-0.15, -0.1) is 0 Å². The third kappa shape index (κ3) is 3.61. The molecular weight excluding hydrogens is 368 g/mol. The monoisotopic (exact) mass is 416 g/mol. The summed E-state index contributed by atoms with van der Waals surface area (Å²) in [4.78, 5) is 13.3. The highest BCUT2D eigenvalue weighted by Crippen LogP contribution is 2.67. The number of Topliss-reactive ketones (excluding diaryl/α,β-unsaturated/α-hetero) is 1. The van der Waals surface area contributed by atoms with E-state index >= 15 is 0 Å². The molecule has 0 bridgehead atoms. The summed E-state index contributed by atoms with van der Waals surface area (Å²) < 4.78 is 0. The zero-order chi connectivity index (χ0) is 21.8. The first-order valence-electron chi connectivity index (χ1n) is 13.3. The Bertz CT molecular complexity index is 641. The third-order valence-corrected chi connectivity index (χ3v) is 11.4. The predicted molar refractivity (Wildman–Crippen MR) is 124 cm³/mol. The van der Waals surface area contributed by atoms with Gasteiger partial charge in [0, 0.05) is 12.3 Å². The maximum Gasteiger partial charge on any atom is 0.136 e. The van der Waals surface area contributed by atoms with Crippen molar-refractivity contribution in [1.29, 1.82) is 0 Å². The second-order valence-electron chi connectivity index (χ2n) is 13.0. The molecule has 4 rings (SSSR count). The topological polar surface area (TPSA) is 37.3 Å². The van der Waals surface area contributed by atoms with Crippen LogP contribution in [0.3, 0.4) is 0 Å². The highest BCUT2D eigenvalue weighted by atomic mass is 16.3. The van der Waals surface area contributed by atoms with E-state index in [1.54, 1.807) is 0 Å². The Morgan fingerprint density at radius 2 is 1.60 bits per heavy atom. The van der Waals surface area contributed by atoms with Crippen molar-refractivity contribution in [1.82, 2.24) is 0 Å². The molecular formula is C28H48O2. The van der Waals surface area contributed by atoms with E-state index in [-0.39, 0.29) is 17.4 Å². The van der Waals surface area contributed by atoms with Gasteiger partial charge in [-0.2, -0.15) is 0 Å². The van der Waals surface area contributed by atoms with Gasteiger partial charge in [0.15, 0.2) is 0 Å². The molecule has 0 saturated heterocycles. The lowest BCUT2D eigenvalue weighted by Gasteiger charge is -2.60. The molecule has 4 saturated carbocycles. The van der Waals surface area contributed by atoms with E-state index in [4.69, 9.17) is 0 Å². The van der Waals surface area contributed by atoms with Crippen LogP contribution in [0.5, 0.6) is 0 Å². The summed E-state index contributed by atoms with van der Waals surface area (Å²) in [6.45, 7) is 14.7. The Balaban J connectivity index is 1.50. The molecule has 0 aromatic carbocycles. The molecule has 4 fully saturated rings. The van der Waals surface area contributed by atoms with Crippen LogP contribution in [0.2, 0.25) is 0 Å². The van der Waals surface area contributed by atoms with Crippen molar-refractivity contribution in [2.45, 2.75) is 112 Å². The molecule has 0 unspecified atom stereocenters. The van der Waals surface area contributed by atoms with Crippen molar-refractivity contribution in [3.63, 3.8) is 0 Å². The molecule has 2 heteroatoms. The maximum atomic E-state index is 13.3. The highest BCUT2D eigenvalue weighted by molar-refractivity contribution is 5.83. The summed E-state index contributed by atoms with van der Waals surface area (Å²) in [7, 11) is 0. The molecule has 30 heavy (non-hydrogen) atoms. The minimum absolute atomic E-state index is 0.125. The number of fused-ring (bicyclic) bond motifs is 5. The lowest BCUT2D eigenvalue weighted by molar-refractivity contribution is -0.160. The van der Waals surface area contributed by atoms with Gasteiger partial charge in [-0.25, -0.2) is 0 Å². The number of carbonyl (C=O) groups is 1. The smallest absolute Gasteiger partial charge is 0.136 e. The van der Waals surface area contributed by atoms with Gasteiger partial charge < -0.3 is 5.11 Å². The number of carbonyl (C=O) groups excluding carboxylic acids is 1. The van der Waals surface area contributed by atoms with E-state index in [1.165, 1.54) is 38.5 Å². The second kappa shape index (κ2) is 8.20. The first kappa shape index (κ1) is 22.8. The van der Waals surface area contributed by atoms with E-state index < -0.39 is 0 Å². The van der Waals surface area contributed by atoms with E-state index in [1.807, 2.05) is 0 Å². The number of hydrogen-bond donors (Lipinski definition) is 1. The Morgan fingerprint density at radius 1 is 0.933 bits per heavy atom. The van der Waals surface area contributed by atoms with Crippen LogP contribution in [-0.2, 0) is 4.79 Å². The summed E-state index contributed by atoms with van der Waals surface area (Å²) in [5.41, 5.74) is 0.594. The lowest BCUT2D eigenvalue weighted by atomic mass is 9.44. The van der Waals surface area contributed by atoms with E-state index in [2.05, 4.69) is 41.5 Å². The first-order valence-corrected chi connectivity index (χ1v) is 13.3. The van der Waals surface area contributed by atoms with Gasteiger partial charge in [-0.3, -0.25) is 4.79 Å². The average molecular weight is 417 g/mol. The van der Waals surface area contributed by atoms with Gasteiger partial charge in [-0.1, -0.05) is 54.4 Å². The summed E-state index contributed by atoms with van der Waals surface area (Å²) in [5.74, 6) is 5.95. The fourth-order valence-electron chi connectivity index (χ4n) is 9.06. The number of ketones is 1. The van der Waals surface area contributed by atoms with Crippen LogP contribution in [0, 0.1) is 58.2 Å². The van der Waals surface area contributed by atoms with Crippen molar-refractivity contribution >= 4 is 5.78 Å². The molecule has 2 nitrogen and oxygen atoms in total. The number of aliphatic hydroxyl groups is 1. The molecule has 0 spiro atoms. The molecule has 4 aliphatic rings. The number of aliphatic hydroxyl groups excluding tert-OH is 1.